The number of carbonyl (C=O) groups excluding carboxylic acids is 1. The van der Waals surface area contributed by atoms with E-state index in [2.05, 4.69) is 20.8 Å². The Morgan fingerprint density at radius 2 is 1.90 bits per heavy atom. The highest BCUT2D eigenvalue weighted by atomic mass is 16.5. The van der Waals surface area contributed by atoms with Crippen molar-refractivity contribution in [2.75, 3.05) is 7.11 Å². The summed E-state index contributed by atoms with van der Waals surface area (Å²) in [5.74, 6) is 1.38. The van der Waals surface area contributed by atoms with Crippen LogP contribution in [0.2, 0.25) is 0 Å². The highest BCUT2D eigenvalue weighted by molar-refractivity contribution is 6.18. The van der Waals surface area contributed by atoms with Crippen LogP contribution < -0.4 is 10.1 Å². The molecule has 0 bridgehead atoms. The summed E-state index contributed by atoms with van der Waals surface area (Å²) in [6.07, 6.45) is 3.14. The molecule has 2 aromatic carbocycles. The van der Waals surface area contributed by atoms with Gasteiger partial charge in [-0.3, -0.25) is 4.79 Å². The minimum Gasteiger partial charge on any atom is -0.497 e. The predicted octanol–water partition coefficient (Wildman–Crippen LogP) is 3.26. The molecule has 30 heavy (non-hydrogen) atoms. The fraction of sp³-hybridized carbons (Fsp3) is 0.0909. The number of benzene rings is 2. The summed E-state index contributed by atoms with van der Waals surface area (Å²) in [6.45, 7) is 0.334. The van der Waals surface area contributed by atoms with Crippen molar-refractivity contribution in [1.29, 1.82) is 0 Å². The Morgan fingerprint density at radius 3 is 2.60 bits per heavy atom. The molecular weight excluding hydrogens is 382 g/mol. The molecule has 0 unspecified atom stereocenters. The van der Waals surface area contributed by atoms with E-state index in [0.717, 1.165) is 16.9 Å². The van der Waals surface area contributed by atoms with Crippen molar-refractivity contribution in [3.05, 3.63) is 84.3 Å². The molecule has 150 valence electrons. The number of amides is 1. The van der Waals surface area contributed by atoms with Gasteiger partial charge in [-0.1, -0.05) is 42.5 Å². The van der Waals surface area contributed by atoms with Crippen LogP contribution in [0, 0.1) is 0 Å². The molecule has 0 saturated carbocycles. The highest BCUT2D eigenvalue weighted by Gasteiger charge is 2.19. The molecule has 2 heterocycles. The first kappa shape index (κ1) is 19.1. The van der Waals surface area contributed by atoms with Crippen LogP contribution >= 0.6 is 0 Å². The van der Waals surface area contributed by atoms with Crippen molar-refractivity contribution in [2.45, 2.75) is 6.54 Å². The van der Waals surface area contributed by atoms with Crippen molar-refractivity contribution < 1.29 is 13.9 Å². The second-order valence-electron chi connectivity index (χ2n) is 6.36. The maximum absolute atomic E-state index is 13.1. The topological polar surface area (TPSA) is 95.1 Å². The lowest BCUT2D eigenvalue weighted by Crippen LogP contribution is -2.27. The third-order valence-electron chi connectivity index (χ3n) is 4.40. The van der Waals surface area contributed by atoms with Crippen LogP contribution in [0.25, 0.3) is 23.2 Å². The molecule has 0 radical (unpaired) electrons. The van der Waals surface area contributed by atoms with Crippen LogP contribution in [0.5, 0.6) is 5.75 Å². The smallest absolute Gasteiger partial charge is 0.270 e. The summed E-state index contributed by atoms with van der Waals surface area (Å²) in [4.78, 5) is 13.1. The van der Waals surface area contributed by atoms with Gasteiger partial charge in [0.2, 0.25) is 0 Å². The molecule has 4 rings (SSSR count). The third-order valence-corrected chi connectivity index (χ3v) is 4.40. The summed E-state index contributed by atoms with van der Waals surface area (Å²) in [7, 11) is 1.61. The van der Waals surface area contributed by atoms with E-state index in [9.17, 15) is 4.79 Å². The zero-order valence-corrected chi connectivity index (χ0v) is 16.2. The fourth-order valence-corrected chi connectivity index (χ4v) is 2.86. The molecule has 2 aromatic heterocycles. The van der Waals surface area contributed by atoms with E-state index in [-0.39, 0.29) is 11.6 Å². The first-order valence-electron chi connectivity index (χ1n) is 9.25. The lowest BCUT2D eigenvalue weighted by Gasteiger charge is -2.11. The minimum absolute atomic E-state index is 0.238. The number of nitrogens with one attached hydrogen (secondary N) is 1. The van der Waals surface area contributed by atoms with Gasteiger partial charge in [-0.25, -0.2) is 0 Å². The third kappa shape index (κ3) is 4.27. The van der Waals surface area contributed by atoms with Crippen LogP contribution in [0.15, 0.2) is 77.4 Å². The van der Waals surface area contributed by atoms with Crippen molar-refractivity contribution >= 4 is 17.7 Å². The Kier molecular flexibility index (Phi) is 5.66. The average Bonchev–Trinajstić information content (AvgIpc) is 3.49. The van der Waals surface area contributed by atoms with Gasteiger partial charge in [-0.05, 0) is 40.3 Å². The van der Waals surface area contributed by atoms with E-state index in [1.807, 2.05) is 54.6 Å². The van der Waals surface area contributed by atoms with E-state index in [0.29, 0.717) is 18.1 Å². The monoisotopic (exact) mass is 401 g/mol. The number of rotatable bonds is 7. The summed E-state index contributed by atoms with van der Waals surface area (Å²) >= 11 is 0. The molecule has 8 nitrogen and oxygen atoms in total. The Balaban J connectivity index is 1.63. The standard InChI is InChI=1S/C22H19N5O3/c1-29-18-11-9-16(10-12-18)15-23-22(28)20(14-19-8-5-13-30-19)27-21(24-25-26-27)17-6-3-2-4-7-17/h2-14H,15H2,1H3,(H,23,28). The Hall–Kier alpha value is -4.20. The molecule has 8 heteroatoms. The first-order chi connectivity index (χ1) is 14.7. The van der Waals surface area contributed by atoms with Gasteiger partial charge in [0, 0.05) is 18.2 Å². The van der Waals surface area contributed by atoms with Crippen molar-refractivity contribution in [2.24, 2.45) is 0 Å². The maximum Gasteiger partial charge on any atom is 0.270 e. The molecule has 0 aliphatic rings. The molecule has 0 aliphatic heterocycles. The first-order valence-corrected chi connectivity index (χ1v) is 9.25. The van der Waals surface area contributed by atoms with Gasteiger partial charge in [0.1, 0.15) is 17.2 Å². The highest BCUT2D eigenvalue weighted by Crippen LogP contribution is 2.21. The summed E-state index contributed by atoms with van der Waals surface area (Å²) in [6, 6.07) is 20.4. The molecule has 0 fully saturated rings. The van der Waals surface area contributed by atoms with Gasteiger partial charge in [-0.2, -0.15) is 4.68 Å². The van der Waals surface area contributed by atoms with Crippen molar-refractivity contribution in [1.82, 2.24) is 25.5 Å². The lowest BCUT2D eigenvalue weighted by molar-refractivity contribution is -0.116. The molecular formula is C22H19N5O3. The second-order valence-corrected chi connectivity index (χ2v) is 6.36. The van der Waals surface area contributed by atoms with Crippen LogP contribution in [0.1, 0.15) is 11.3 Å². The zero-order chi connectivity index (χ0) is 20.8. The second kappa shape index (κ2) is 8.87. The maximum atomic E-state index is 13.1. The number of furan rings is 1. The number of hydrogen-bond donors (Lipinski definition) is 1. The number of aromatic nitrogens is 4. The number of hydrogen-bond acceptors (Lipinski definition) is 6. The normalized spacial score (nSPS) is 11.3. The van der Waals surface area contributed by atoms with Gasteiger partial charge < -0.3 is 14.5 Å². The summed E-state index contributed by atoms with van der Waals surface area (Å²) < 4.78 is 12.0. The van der Waals surface area contributed by atoms with Crippen LogP contribution in [0.3, 0.4) is 0 Å². The quantitative estimate of drug-likeness (QED) is 0.478. The molecule has 0 saturated heterocycles. The zero-order valence-electron chi connectivity index (χ0n) is 16.2. The van der Waals surface area contributed by atoms with E-state index < -0.39 is 0 Å². The molecule has 0 aliphatic carbocycles. The summed E-state index contributed by atoms with van der Waals surface area (Å²) in [5.41, 5.74) is 1.96. The van der Waals surface area contributed by atoms with E-state index in [1.54, 1.807) is 25.3 Å². The number of nitrogens with zero attached hydrogens (tertiary/aromatic N) is 4. The fourth-order valence-electron chi connectivity index (χ4n) is 2.86. The van der Waals surface area contributed by atoms with Gasteiger partial charge >= 0.3 is 0 Å². The van der Waals surface area contributed by atoms with Crippen LogP contribution in [0.4, 0.5) is 0 Å². The van der Waals surface area contributed by atoms with Gasteiger partial charge in [0.25, 0.3) is 5.91 Å². The Morgan fingerprint density at radius 1 is 1.10 bits per heavy atom. The van der Waals surface area contributed by atoms with E-state index >= 15 is 0 Å². The van der Waals surface area contributed by atoms with Gasteiger partial charge in [-0.15, -0.1) is 5.10 Å². The van der Waals surface area contributed by atoms with Crippen LogP contribution in [-0.2, 0) is 11.3 Å². The molecule has 1 N–H and O–H groups in total. The Labute approximate surface area is 172 Å². The van der Waals surface area contributed by atoms with E-state index in [1.165, 1.54) is 10.9 Å². The summed E-state index contributed by atoms with van der Waals surface area (Å²) in [5, 5.41) is 14.8. The molecule has 4 aromatic rings. The number of ether oxygens (including phenoxy) is 1. The van der Waals surface area contributed by atoms with E-state index in [4.69, 9.17) is 9.15 Å². The molecule has 0 spiro atoms. The van der Waals surface area contributed by atoms with Crippen molar-refractivity contribution in [3.63, 3.8) is 0 Å². The Bertz CT molecular complexity index is 1130. The van der Waals surface area contributed by atoms with Crippen LogP contribution in [-0.4, -0.2) is 33.2 Å². The SMILES string of the molecule is COc1ccc(CNC(=O)C(=Cc2ccco2)n2nnnc2-c2ccccc2)cc1. The molecule has 0 atom stereocenters. The van der Waals surface area contributed by atoms with Gasteiger partial charge in [0.05, 0.1) is 13.4 Å². The lowest BCUT2D eigenvalue weighted by atomic mass is 10.2. The molecule has 1 amide bonds. The number of methoxy groups -OCH3 is 1. The largest absolute Gasteiger partial charge is 0.497 e. The predicted molar refractivity (Wildman–Crippen MR) is 111 cm³/mol. The average molecular weight is 401 g/mol. The number of carbonyl (C=O) groups is 1. The number of tetrazole rings is 1. The minimum atomic E-state index is -0.341. The van der Waals surface area contributed by atoms with Crippen molar-refractivity contribution in [3.8, 4) is 17.1 Å². The van der Waals surface area contributed by atoms with Gasteiger partial charge in [0.15, 0.2) is 5.82 Å².